The van der Waals surface area contributed by atoms with Gasteiger partial charge in [-0.15, -0.1) is 0 Å². The topological polar surface area (TPSA) is 80.4 Å². The Balaban J connectivity index is 1.77. The average Bonchev–Trinajstić information content (AvgIpc) is 3.32. The van der Waals surface area contributed by atoms with E-state index in [9.17, 15) is 19.1 Å². The zero-order chi connectivity index (χ0) is 22.1. The summed E-state index contributed by atoms with van der Waals surface area (Å²) >= 11 is 0. The summed E-state index contributed by atoms with van der Waals surface area (Å²) in [5.74, 6) is 4.53. The van der Waals surface area contributed by atoms with Gasteiger partial charge in [0.1, 0.15) is 5.82 Å². The average molecular weight is 436 g/mol. The highest BCUT2D eigenvalue weighted by Crippen LogP contribution is 2.65. The summed E-state index contributed by atoms with van der Waals surface area (Å²) in [5, 5.41) is 9.23. The first-order valence-electron chi connectivity index (χ1n) is 10.0. The van der Waals surface area contributed by atoms with Crippen LogP contribution in [0.3, 0.4) is 0 Å². The number of aromatic carboxylic acids is 1. The lowest BCUT2D eigenvalue weighted by Gasteiger charge is -2.28. The van der Waals surface area contributed by atoms with Crippen LogP contribution in [0.25, 0.3) is 0 Å². The summed E-state index contributed by atoms with van der Waals surface area (Å²) in [7, 11) is -0.922. The summed E-state index contributed by atoms with van der Waals surface area (Å²) in [6.07, 6.45) is 2.72. The predicted octanol–water partition coefficient (Wildman–Crippen LogP) is 4.83. The molecule has 3 N–H and O–H groups in total. The van der Waals surface area contributed by atoms with Crippen molar-refractivity contribution >= 4 is 22.8 Å². The standard InChI is InChI=1S/C25H22FNO3S/c1-15(17-8-10-18(11-9-17)25(29)30)31-21-4-2-3-20(21)23(24(27)28)22(31)14-7-16-5-12-19(26)13-6-16/h5-6,8-13,15,31H,2-4H2,1H3,(H2,27,28)(H,29,30)/t15-/m0/s1. The van der Waals surface area contributed by atoms with Gasteiger partial charge in [-0.2, -0.15) is 10.9 Å². The van der Waals surface area contributed by atoms with Crippen LogP contribution in [0.1, 0.15) is 52.9 Å². The smallest absolute Gasteiger partial charge is 0.335 e. The number of benzene rings is 2. The molecular formula is C25H22FNO3S. The second-order valence-electron chi connectivity index (χ2n) is 7.60. The van der Waals surface area contributed by atoms with Crippen molar-refractivity contribution in [3.05, 3.63) is 92.0 Å². The number of primary amides is 1. The van der Waals surface area contributed by atoms with Crippen LogP contribution in [0.2, 0.25) is 0 Å². The molecule has 4 rings (SSSR count). The summed E-state index contributed by atoms with van der Waals surface area (Å²) < 4.78 is 13.2. The molecule has 4 nitrogen and oxygen atoms in total. The Morgan fingerprint density at radius 3 is 2.35 bits per heavy atom. The number of carboxylic acid groups (broad SMARTS) is 1. The lowest BCUT2D eigenvalue weighted by atomic mass is 10.0. The number of nitrogens with two attached hydrogens (primary N) is 1. The molecule has 31 heavy (non-hydrogen) atoms. The molecule has 6 heteroatoms. The number of carbonyl (C=O) groups excluding carboxylic acids is 1. The molecule has 2 atom stereocenters. The third-order valence-corrected chi connectivity index (χ3v) is 8.67. The van der Waals surface area contributed by atoms with Crippen molar-refractivity contribution in [2.24, 2.45) is 5.73 Å². The van der Waals surface area contributed by atoms with Crippen LogP contribution in [-0.4, -0.2) is 17.0 Å². The predicted molar refractivity (Wildman–Crippen MR) is 121 cm³/mol. The summed E-state index contributed by atoms with van der Waals surface area (Å²) in [6.45, 7) is 2.09. The fourth-order valence-electron chi connectivity index (χ4n) is 4.19. The molecule has 1 heterocycles. The molecule has 2 aromatic rings. The van der Waals surface area contributed by atoms with Crippen LogP contribution in [0, 0.1) is 17.7 Å². The normalized spacial score (nSPS) is 19.6. The van der Waals surface area contributed by atoms with Gasteiger partial charge in [0.2, 0.25) is 0 Å². The number of carbonyl (C=O) groups is 2. The molecule has 1 aliphatic carbocycles. The van der Waals surface area contributed by atoms with Crippen LogP contribution in [0.15, 0.2) is 69.5 Å². The minimum Gasteiger partial charge on any atom is -0.478 e. The van der Waals surface area contributed by atoms with E-state index in [0.717, 1.165) is 35.3 Å². The van der Waals surface area contributed by atoms with Crippen LogP contribution in [0.4, 0.5) is 4.39 Å². The number of thiol groups is 1. The molecule has 0 spiro atoms. The van der Waals surface area contributed by atoms with Gasteiger partial charge in [0, 0.05) is 10.8 Å². The Bertz CT molecular complexity index is 1180. The molecule has 2 aromatic carbocycles. The number of hydrogen-bond donors (Lipinski definition) is 3. The fraction of sp³-hybridized carbons (Fsp3) is 0.200. The van der Waals surface area contributed by atoms with Crippen LogP contribution in [-0.2, 0) is 4.79 Å². The molecule has 0 saturated carbocycles. The molecule has 0 aromatic heterocycles. The van der Waals surface area contributed by atoms with E-state index >= 15 is 0 Å². The third-order valence-electron chi connectivity index (χ3n) is 5.70. The van der Waals surface area contributed by atoms with Gasteiger partial charge in [-0.1, -0.05) is 30.9 Å². The maximum atomic E-state index is 13.2. The lowest BCUT2D eigenvalue weighted by Crippen LogP contribution is -2.15. The minimum absolute atomic E-state index is 0.0512. The highest BCUT2D eigenvalue weighted by Gasteiger charge is 2.38. The number of halogens is 1. The number of hydrogen-bond acceptors (Lipinski definition) is 2. The van der Waals surface area contributed by atoms with Gasteiger partial charge in [0.15, 0.2) is 0 Å². The van der Waals surface area contributed by atoms with E-state index in [4.69, 9.17) is 5.73 Å². The highest BCUT2D eigenvalue weighted by atomic mass is 32.2. The second kappa shape index (κ2) is 8.44. The van der Waals surface area contributed by atoms with Gasteiger partial charge in [0.25, 0.3) is 5.91 Å². The van der Waals surface area contributed by atoms with Crippen molar-refractivity contribution in [1.82, 2.24) is 0 Å². The van der Waals surface area contributed by atoms with Crippen molar-refractivity contribution in [1.29, 1.82) is 0 Å². The molecule has 1 amide bonds. The maximum Gasteiger partial charge on any atom is 0.335 e. The molecule has 2 aliphatic rings. The Kier molecular flexibility index (Phi) is 5.71. The minimum atomic E-state index is -0.965. The van der Waals surface area contributed by atoms with Crippen molar-refractivity contribution in [2.75, 3.05) is 0 Å². The first-order chi connectivity index (χ1) is 14.9. The monoisotopic (exact) mass is 435 g/mol. The lowest BCUT2D eigenvalue weighted by molar-refractivity contribution is -0.114. The fourth-order valence-corrected chi connectivity index (χ4v) is 7.37. The van der Waals surface area contributed by atoms with E-state index in [2.05, 4.69) is 18.8 Å². The molecular weight excluding hydrogens is 413 g/mol. The first kappa shape index (κ1) is 21.0. The maximum absolute atomic E-state index is 13.2. The Hall–Kier alpha value is -3.30. The largest absolute Gasteiger partial charge is 0.478 e. The zero-order valence-corrected chi connectivity index (χ0v) is 17.9. The van der Waals surface area contributed by atoms with Gasteiger partial charge in [-0.05, 0) is 71.7 Å². The van der Waals surface area contributed by atoms with Crippen molar-refractivity contribution in [3.63, 3.8) is 0 Å². The Labute approximate surface area is 183 Å². The van der Waals surface area contributed by atoms with Crippen LogP contribution < -0.4 is 5.73 Å². The van der Waals surface area contributed by atoms with Crippen LogP contribution >= 0.6 is 10.9 Å². The van der Waals surface area contributed by atoms with Gasteiger partial charge in [-0.3, -0.25) is 4.79 Å². The number of allylic oxidation sites excluding steroid dienone is 2. The summed E-state index contributed by atoms with van der Waals surface area (Å²) in [4.78, 5) is 25.6. The first-order valence-corrected chi connectivity index (χ1v) is 11.4. The summed E-state index contributed by atoms with van der Waals surface area (Å²) in [5.41, 5.74) is 9.27. The molecule has 1 aliphatic heterocycles. The van der Waals surface area contributed by atoms with E-state index in [1.807, 2.05) is 12.1 Å². The van der Waals surface area contributed by atoms with Crippen molar-refractivity contribution in [2.45, 2.75) is 31.4 Å². The molecule has 1 unspecified atom stereocenters. The summed E-state index contributed by atoms with van der Waals surface area (Å²) in [6, 6.07) is 12.8. The van der Waals surface area contributed by atoms with E-state index in [0.29, 0.717) is 11.1 Å². The molecule has 0 radical (unpaired) electrons. The van der Waals surface area contributed by atoms with Gasteiger partial charge in [0.05, 0.1) is 16.0 Å². The molecule has 0 bridgehead atoms. The van der Waals surface area contributed by atoms with E-state index in [1.165, 1.54) is 17.0 Å². The molecule has 0 fully saturated rings. The van der Waals surface area contributed by atoms with E-state index < -0.39 is 22.8 Å². The number of rotatable bonds is 4. The Morgan fingerprint density at radius 1 is 1.06 bits per heavy atom. The number of amides is 1. The van der Waals surface area contributed by atoms with Crippen molar-refractivity contribution in [3.8, 4) is 11.8 Å². The van der Waals surface area contributed by atoms with Crippen molar-refractivity contribution < 1.29 is 19.1 Å². The quantitative estimate of drug-likeness (QED) is 0.475. The molecule has 158 valence electrons. The zero-order valence-electron chi connectivity index (χ0n) is 17.0. The van der Waals surface area contributed by atoms with Gasteiger partial charge < -0.3 is 10.8 Å². The SMILES string of the molecule is C[C@@H](c1ccc(C(=O)O)cc1)[SH]1C(C#Cc2ccc(F)cc2)=C(C(N)=O)C2=C1CCC2. The van der Waals surface area contributed by atoms with Crippen LogP contribution in [0.5, 0.6) is 0 Å². The molecule has 0 saturated heterocycles. The van der Waals surface area contributed by atoms with Gasteiger partial charge >= 0.3 is 5.97 Å². The second-order valence-corrected chi connectivity index (χ2v) is 10.1. The van der Waals surface area contributed by atoms with Gasteiger partial charge in [-0.25, -0.2) is 9.18 Å². The number of carboxylic acids is 1. The highest BCUT2D eigenvalue weighted by molar-refractivity contribution is 8.24. The van der Waals surface area contributed by atoms with E-state index in [1.54, 1.807) is 24.3 Å². The third kappa shape index (κ3) is 4.01. The van der Waals surface area contributed by atoms with E-state index in [-0.39, 0.29) is 16.6 Å². The Morgan fingerprint density at radius 2 is 1.74 bits per heavy atom.